The van der Waals surface area contributed by atoms with Gasteiger partial charge in [-0.05, 0) is 51.5 Å². The lowest BCUT2D eigenvalue weighted by Gasteiger charge is -2.32. The second-order valence-electron chi connectivity index (χ2n) is 7.06. The Morgan fingerprint density at radius 1 is 1.29 bits per heavy atom. The minimum absolute atomic E-state index is 0.113. The van der Waals surface area contributed by atoms with E-state index in [4.69, 9.17) is 0 Å². The first kappa shape index (κ1) is 16.5. The van der Waals surface area contributed by atoms with Gasteiger partial charge in [0, 0.05) is 24.9 Å². The molecule has 4 heteroatoms. The van der Waals surface area contributed by atoms with E-state index < -0.39 is 0 Å². The summed E-state index contributed by atoms with van der Waals surface area (Å²) < 4.78 is 0. The van der Waals surface area contributed by atoms with Crippen LogP contribution in [0.4, 0.5) is 0 Å². The van der Waals surface area contributed by atoms with Crippen molar-refractivity contribution in [1.29, 1.82) is 0 Å². The number of carbonyl (C=O) groups excluding carboxylic acids is 2. The number of nitrogens with one attached hydrogen (secondary N) is 1. The van der Waals surface area contributed by atoms with Gasteiger partial charge in [0.15, 0.2) is 0 Å². The summed E-state index contributed by atoms with van der Waals surface area (Å²) in [5.74, 6) is 1.32. The van der Waals surface area contributed by atoms with Gasteiger partial charge in [0.05, 0.1) is 6.04 Å². The van der Waals surface area contributed by atoms with Crippen LogP contribution < -0.4 is 5.32 Å². The van der Waals surface area contributed by atoms with Crippen molar-refractivity contribution >= 4 is 11.7 Å². The van der Waals surface area contributed by atoms with Crippen LogP contribution in [-0.2, 0) is 9.59 Å². The molecule has 1 saturated heterocycles. The number of Topliss-reactive ketones (excluding diaryl/α,β-unsaturated/α-hetero) is 1. The SMILES string of the molecule is CC(C)CCNC(=O)C(C)N1CCCC1C1CCCC1=O. The molecule has 1 aliphatic carbocycles. The van der Waals surface area contributed by atoms with Gasteiger partial charge in [0.25, 0.3) is 0 Å². The van der Waals surface area contributed by atoms with Gasteiger partial charge < -0.3 is 5.32 Å². The normalized spacial score (nSPS) is 28.3. The van der Waals surface area contributed by atoms with E-state index in [1.54, 1.807) is 0 Å². The summed E-state index contributed by atoms with van der Waals surface area (Å²) in [6, 6.07) is 0.184. The molecule has 1 amide bonds. The molecule has 1 heterocycles. The summed E-state index contributed by atoms with van der Waals surface area (Å²) in [6.07, 6.45) is 5.98. The molecule has 3 unspecified atom stereocenters. The standard InChI is InChI=1S/C17H30N2O2/c1-12(2)9-10-18-17(21)13(3)19-11-5-7-15(19)14-6-4-8-16(14)20/h12-15H,4-11H2,1-3H3,(H,18,21). The molecule has 1 saturated carbocycles. The van der Waals surface area contributed by atoms with Crippen LogP contribution in [0.5, 0.6) is 0 Å². The highest BCUT2D eigenvalue weighted by Crippen LogP contribution is 2.34. The third-order valence-corrected chi connectivity index (χ3v) is 5.06. The van der Waals surface area contributed by atoms with E-state index in [0.29, 0.717) is 17.7 Å². The van der Waals surface area contributed by atoms with Crippen LogP contribution in [0.2, 0.25) is 0 Å². The van der Waals surface area contributed by atoms with Gasteiger partial charge in [0.1, 0.15) is 5.78 Å². The van der Waals surface area contributed by atoms with E-state index in [2.05, 4.69) is 24.1 Å². The smallest absolute Gasteiger partial charge is 0.237 e. The molecule has 1 N–H and O–H groups in total. The number of hydrogen-bond donors (Lipinski definition) is 1. The van der Waals surface area contributed by atoms with Gasteiger partial charge in [-0.3, -0.25) is 14.5 Å². The first-order valence-corrected chi connectivity index (χ1v) is 8.57. The van der Waals surface area contributed by atoms with E-state index in [1.165, 1.54) is 0 Å². The number of nitrogens with zero attached hydrogens (tertiary/aromatic N) is 1. The Hall–Kier alpha value is -0.900. The van der Waals surface area contributed by atoms with Gasteiger partial charge in [0.2, 0.25) is 5.91 Å². The zero-order valence-electron chi connectivity index (χ0n) is 13.7. The molecule has 0 radical (unpaired) electrons. The summed E-state index contributed by atoms with van der Waals surface area (Å²) in [5, 5.41) is 3.05. The van der Waals surface area contributed by atoms with Gasteiger partial charge in [-0.2, -0.15) is 0 Å². The Bertz CT molecular complexity index is 381. The molecule has 2 fully saturated rings. The third-order valence-electron chi connectivity index (χ3n) is 5.06. The number of amides is 1. The molecule has 2 rings (SSSR count). The molecule has 1 aliphatic heterocycles. The van der Waals surface area contributed by atoms with Gasteiger partial charge in [-0.1, -0.05) is 13.8 Å². The van der Waals surface area contributed by atoms with Crippen molar-refractivity contribution in [3.05, 3.63) is 0 Å². The average molecular weight is 294 g/mol. The second kappa shape index (κ2) is 7.39. The number of hydrogen-bond acceptors (Lipinski definition) is 3. The first-order chi connectivity index (χ1) is 10.0. The fraction of sp³-hybridized carbons (Fsp3) is 0.882. The highest BCUT2D eigenvalue weighted by molar-refractivity contribution is 5.84. The van der Waals surface area contributed by atoms with Crippen LogP contribution in [0.25, 0.3) is 0 Å². The molecule has 3 atom stereocenters. The van der Waals surface area contributed by atoms with Crippen molar-refractivity contribution in [3.8, 4) is 0 Å². The molecule has 120 valence electrons. The summed E-state index contributed by atoms with van der Waals surface area (Å²) in [5.41, 5.74) is 0. The Balaban J connectivity index is 1.89. The predicted molar refractivity (Wildman–Crippen MR) is 84.0 cm³/mol. The Labute approximate surface area is 128 Å². The predicted octanol–water partition coefficient (Wildman–Crippen LogP) is 2.37. The van der Waals surface area contributed by atoms with Crippen molar-refractivity contribution in [3.63, 3.8) is 0 Å². The van der Waals surface area contributed by atoms with Crippen LogP contribution >= 0.6 is 0 Å². The molecule has 0 spiro atoms. The lowest BCUT2D eigenvalue weighted by molar-refractivity contribution is -0.129. The fourth-order valence-electron chi connectivity index (χ4n) is 3.76. The van der Waals surface area contributed by atoms with Crippen LogP contribution in [-0.4, -0.2) is 41.8 Å². The van der Waals surface area contributed by atoms with E-state index in [0.717, 1.165) is 51.6 Å². The molecule has 4 nitrogen and oxygen atoms in total. The van der Waals surface area contributed by atoms with Gasteiger partial charge in [-0.15, -0.1) is 0 Å². The van der Waals surface area contributed by atoms with Crippen LogP contribution in [0, 0.1) is 11.8 Å². The maximum absolute atomic E-state index is 12.3. The minimum atomic E-state index is -0.113. The summed E-state index contributed by atoms with van der Waals surface area (Å²) in [4.78, 5) is 26.6. The van der Waals surface area contributed by atoms with Crippen LogP contribution in [0.15, 0.2) is 0 Å². The highest BCUT2D eigenvalue weighted by Gasteiger charge is 2.41. The van der Waals surface area contributed by atoms with Crippen molar-refractivity contribution in [2.45, 2.75) is 71.4 Å². The average Bonchev–Trinajstić information content (AvgIpc) is 3.05. The lowest BCUT2D eigenvalue weighted by atomic mass is 9.94. The zero-order valence-corrected chi connectivity index (χ0v) is 13.7. The Morgan fingerprint density at radius 3 is 2.67 bits per heavy atom. The van der Waals surface area contributed by atoms with Crippen molar-refractivity contribution in [2.24, 2.45) is 11.8 Å². The molecule has 0 aromatic carbocycles. The van der Waals surface area contributed by atoms with Crippen molar-refractivity contribution in [1.82, 2.24) is 10.2 Å². The van der Waals surface area contributed by atoms with Gasteiger partial charge >= 0.3 is 0 Å². The Morgan fingerprint density at radius 2 is 2.05 bits per heavy atom. The van der Waals surface area contributed by atoms with Gasteiger partial charge in [-0.25, -0.2) is 0 Å². The van der Waals surface area contributed by atoms with E-state index in [-0.39, 0.29) is 17.9 Å². The van der Waals surface area contributed by atoms with Crippen LogP contribution in [0.1, 0.15) is 59.3 Å². The third kappa shape index (κ3) is 4.06. The van der Waals surface area contributed by atoms with Crippen molar-refractivity contribution in [2.75, 3.05) is 13.1 Å². The molecular weight excluding hydrogens is 264 g/mol. The molecular formula is C17H30N2O2. The monoisotopic (exact) mass is 294 g/mol. The molecule has 21 heavy (non-hydrogen) atoms. The largest absolute Gasteiger partial charge is 0.355 e. The first-order valence-electron chi connectivity index (χ1n) is 8.57. The molecule has 0 aromatic rings. The number of carbonyl (C=O) groups is 2. The highest BCUT2D eigenvalue weighted by atomic mass is 16.2. The quantitative estimate of drug-likeness (QED) is 0.818. The summed E-state index contributed by atoms with van der Waals surface area (Å²) >= 11 is 0. The molecule has 0 bridgehead atoms. The van der Waals surface area contributed by atoms with E-state index >= 15 is 0 Å². The maximum Gasteiger partial charge on any atom is 0.237 e. The summed E-state index contributed by atoms with van der Waals surface area (Å²) in [7, 11) is 0. The second-order valence-corrected chi connectivity index (χ2v) is 7.06. The zero-order chi connectivity index (χ0) is 15.4. The molecule has 0 aromatic heterocycles. The topological polar surface area (TPSA) is 49.4 Å². The number of ketones is 1. The van der Waals surface area contributed by atoms with E-state index in [9.17, 15) is 9.59 Å². The maximum atomic E-state index is 12.3. The van der Waals surface area contributed by atoms with E-state index in [1.807, 2.05) is 6.92 Å². The van der Waals surface area contributed by atoms with Crippen molar-refractivity contribution < 1.29 is 9.59 Å². The lowest BCUT2D eigenvalue weighted by Crippen LogP contribution is -2.50. The summed E-state index contributed by atoms with van der Waals surface area (Å²) in [6.45, 7) is 8.02. The molecule has 2 aliphatic rings. The van der Waals surface area contributed by atoms with Crippen LogP contribution in [0.3, 0.4) is 0 Å². The number of likely N-dealkylation sites (tertiary alicyclic amines) is 1. The Kier molecular flexibility index (Phi) is 5.80. The number of rotatable bonds is 6. The minimum Gasteiger partial charge on any atom is -0.355 e. The fourth-order valence-corrected chi connectivity index (χ4v) is 3.76.